The number of fused-ring (bicyclic) bond motifs is 1. The molecule has 7 atom stereocenters. The van der Waals surface area contributed by atoms with Crippen LogP contribution in [-0.4, -0.2) is 119 Å². The van der Waals surface area contributed by atoms with Gasteiger partial charge in [0.2, 0.25) is 17.7 Å². The number of Topliss-reactive ketones (excluding diaryl/α,β-unsaturated/α-hetero) is 2. The van der Waals surface area contributed by atoms with Gasteiger partial charge in [0.05, 0.1) is 24.2 Å². The van der Waals surface area contributed by atoms with E-state index in [2.05, 4.69) is 0 Å². The first-order valence-electron chi connectivity index (χ1n) is 21.3. The molecule has 0 aliphatic heterocycles. The number of carbonyl (C=O) groups excluding carboxylic acids is 6. The quantitative estimate of drug-likeness (QED) is 0.0966. The normalized spacial score (nSPS) is 15.1. The maximum atomic E-state index is 14.7. The van der Waals surface area contributed by atoms with Crippen LogP contribution in [0.1, 0.15) is 105 Å². The van der Waals surface area contributed by atoms with Gasteiger partial charge in [-0.25, -0.2) is 9.59 Å². The molecule has 2 rings (SSSR count). The Labute approximate surface area is 372 Å². The number of hydrogen-bond acceptors (Lipinski definition) is 11. The fourth-order valence-electron chi connectivity index (χ4n) is 7.40. The van der Waals surface area contributed by atoms with E-state index in [9.17, 15) is 51.8 Å². The molecule has 2 aromatic rings. The Morgan fingerprint density at radius 1 is 0.825 bits per heavy atom. The zero-order valence-electron chi connectivity index (χ0n) is 37.8. The number of nitrogens with two attached hydrogens (primary N) is 1. The first-order valence-corrected chi connectivity index (χ1v) is 22.2. The Kier molecular flexibility index (Phi) is 21.4. The van der Waals surface area contributed by atoms with E-state index in [0.717, 1.165) is 22.0 Å². The highest BCUT2D eigenvalue weighted by Crippen LogP contribution is 2.32. The van der Waals surface area contributed by atoms with Crippen molar-refractivity contribution >= 4 is 62.6 Å². The number of nitriles is 1. The molecule has 0 unspecified atom stereocenters. The van der Waals surface area contributed by atoms with Gasteiger partial charge in [-0.2, -0.15) is 18.4 Å². The summed E-state index contributed by atoms with van der Waals surface area (Å²) in [7, 11) is 4.02. The van der Waals surface area contributed by atoms with Crippen LogP contribution < -0.4 is 5.73 Å². The number of likely N-dealkylation sites (N-methyl/N-ethyl adjacent to an activating group) is 3. The molecule has 63 heavy (non-hydrogen) atoms. The van der Waals surface area contributed by atoms with Crippen LogP contribution >= 0.6 is 11.3 Å². The van der Waals surface area contributed by atoms with Crippen LogP contribution in [0.15, 0.2) is 29.6 Å². The van der Waals surface area contributed by atoms with Gasteiger partial charge in [-0.05, 0) is 66.8 Å². The Balaban J connectivity index is 2.61. The van der Waals surface area contributed by atoms with Gasteiger partial charge in [-0.1, -0.05) is 52.8 Å². The predicted molar refractivity (Wildman–Crippen MR) is 232 cm³/mol. The predicted octanol–water partition coefficient (Wildman–Crippen LogP) is 6.57. The number of aliphatic carboxylic acids is 1. The smallest absolute Gasteiger partial charge is 0.389 e. The number of carboxylic acid groups (broad SMARTS) is 1. The number of carbonyl (C=O) groups is 7. The van der Waals surface area contributed by atoms with E-state index < -0.39 is 103 Å². The van der Waals surface area contributed by atoms with Crippen molar-refractivity contribution in [2.75, 3.05) is 21.1 Å². The SMILES string of the molecule is CC[C@H](N)C(=O)N(C)[C@@H](CC(C)C)C(=O)C[C@@H](CC(C)C)C(=O)N(C)[C@@H](Cc1csc2ccccc12)C(=O)C[C@@H](CCC(F)(F)F)C(=O)N(C)[C@@H](C)C(=O)O[C@H](CCC#N)C(=O)O. The molecular weight excluding hydrogens is 844 g/mol. The second-order valence-electron chi connectivity index (χ2n) is 17.1. The van der Waals surface area contributed by atoms with Crippen molar-refractivity contribution in [2.45, 2.75) is 142 Å². The number of alkyl halides is 3. The minimum atomic E-state index is -4.73. The van der Waals surface area contributed by atoms with E-state index in [0.29, 0.717) is 18.4 Å². The number of hydrogen-bond donors (Lipinski definition) is 2. The number of carboxylic acids is 1. The summed E-state index contributed by atoms with van der Waals surface area (Å²) in [6.07, 6.45) is -9.57. The highest BCUT2D eigenvalue weighted by molar-refractivity contribution is 7.17. The fraction of sp³-hybridized carbons (Fsp3) is 0.644. The lowest BCUT2D eigenvalue weighted by Gasteiger charge is -2.34. The molecule has 3 N–H and O–H groups in total. The molecule has 1 aromatic carbocycles. The third-order valence-corrected chi connectivity index (χ3v) is 12.3. The first-order chi connectivity index (χ1) is 29.3. The number of ether oxygens (including phenoxy) is 1. The van der Waals surface area contributed by atoms with Crippen LogP contribution in [0.4, 0.5) is 13.2 Å². The number of esters is 1. The average Bonchev–Trinajstić information content (AvgIpc) is 3.63. The van der Waals surface area contributed by atoms with E-state index in [1.165, 1.54) is 42.2 Å². The van der Waals surface area contributed by atoms with Gasteiger partial charge in [0.1, 0.15) is 6.04 Å². The van der Waals surface area contributed by atoms with Crippen molar-refractivity contribution in [3.8, 4) is 6.07 Å². The van der Waals surface area contributed by atoms with Crippen molar-refractivity contribution in [2.24, 2.45) is 29.4 Å². The standard InChI is InChI=1S/C45H64F3N5O9S/c1-10-33(50)42(58)53(9)34(21-27(4)5)37(55)24-30(20-26(2)3)41(57)52(8)35(22-31-25-63-39-16-12-11-14-32(31)39)36(54)23-29(17-18-45(46,47)48)40(56)51(7)28(6)44(61)62-38(43(59)60)15-13-19-49/h11-12,14,16,25-30,33-35,38H,10,13,15,17-18,20-24,50H2,1-9H3,(H,59,60)/t28-,29+,30+,33-,34-,35-,38+/m0/s1. The minimum Gasteiger partial charge on any atom is -0.479 e. The number of thiophene rings is 1. The van der Waals surface area contributed by atoms with E-state index in [-0.39, 0.29) is 49.7 Å². The van der Waals surface area contributed by atoms with Gasteiger partial charge in [0.15, 0.2) is 17.7 Å². The minimum absolute atomic E-state index is 0.00632. The summed E-state index contributed by atoms with van der Waals surface area (Å²) >= 11 is 1.39. The van der Waals surface area contributed by atoms with Crippen LogP contribution in [-0.2, 0) is 44.7 Å². The summed E-state index contributed by atoms with van der Waals surface area (Å²) in [5, 5.41) is 20.9. The topological polar surface area (TPSA) is 208 Å². The summed E-state index contributed by atoms with van der Waals surface area (Å²) in [4.78, 5) is 98.6. The number of benzene rings is 1. The summed E-state index contributed by atoms with van der Waals surface area (Å²) < 4.78 is 47.1. The fourth-order valence-corrected chi connectivity index (χ4v) is 8.38. The number of rotatable bonds is 26. The summed E-state index contributed by atoms with van der Waals surface area (Å²) in [6, 6.07) is 4.56. The highest BCUT2D eigenvalue weighted by atomic mass is 32.1. The van der Waals surface area contributed by atoms with Gasteiger partial charge in [-0.15, -0.1) is 11.3 Å². The molecule has 1 heterocycles. The zero-order valence-corrected chi connectivity index (χ0v) is 38.6. The van der Waals surface area contributed by atoms with Crippen molar-refractivity contribution in [1.29, 1.82) is 5.26 Å². The summed E-state index contributed by atoms with van der Waals surface area (Å²) in [6.45, 7) is 10.5. The van der Waals surface area contributed by atoms with Crippen molar-refractivity contribution < 1.29 is 56.6 Å². The number of halogens is 3. The molecule has 0 aliphatic rings. The molecule has 0 spiro atoms. The second kappa shape index (κ2) is 24.8. The molecule has 0 bridgehead atoms. The van der Waals surface area contributed by atoms with Crippen LogP contribution in [0.3, 0.4) is 0 Å². The number of ketones is 2. The summed E-state index contributed by atoms with van der Waals surface area (Å²) in [5.41, 5.74) is 6.72. The molecule has 14 nitrogen and oxygen atoms in total. The Morgan fingerprint density at radius 3 is 1.94 bits per heavy atom. The van der Waals surface area contributed by atoms with Gasteiger partial charge in [-0.3, -0.25) is 24.0 Å². The van der Waals surface area contributed by atoms with Crippen molar-refractivity contribution in [3.05, 3.63) is 35.2 Å². The van der Waals surface area contributed by atoms with Crippen molar-refractivity contribution in [1.82, 2.24) is 14.7 Å². The lowest BCUT2D eigenvalue weighted by atomic mass is 9.85. The third-order valence-electron chi connectivity index (χ3n) is 11.2. The molecular formula is C45H64F3N5O9S. The van der Waals surface area contributed by atoms with Crippen LogP contribution in [0, 0.1) is 35.0 Å². The van der Waals surface area contributed by atoms with Gasteiger partial charge < -0.3 is 30.3 Å². The number of amides is 3. The maximum Gasteiger partial charge on any atom is 0.389 e. The molecule has 0 fully saturated rings. The van der Waals surface area contributed by atoms with E-state index in [1.54, 1.807) is 19.1 Å². The highest BCUT2D eigenvalue weighted by Gasteiger charge is 2.40. The van der Waals surface area contributed by atoms with E-state index in [1.807, 2.05) is 51.3 Å². The van der Waals surface area contributed by atoms with E-state index in [4.69, 9.17) is 15.7 Å². The molecule has 1 aromatic heterocycles. The second-order valence-corrected chi connectivity index (χ2v) is 18.1. The zero-order chi connectivity index (χ0) is 47.9. The lowest BCUT2D eigenvalue weighted by Crippen LogP contribution is -2.51. The molecule has 350 valence electrons. The lowest BCUT2D eigenvalue weighted by molar-refractivity contribution is -0.169. The van der Waals surface area contributed by atoms with Crippen LogP contribution in [0.25, 0.3) is 10.1 Å². The third kappa shape index (κ3) is 16.3. The van der Waals surface area contributed by atoms with E-state index >= 15 is 0 Å². The average molecular weight is 908 g/mol. The monoisotopic (exact) mass is 907 g/mol. The first kappa shape index (κ1) is 54.2. The molecule has 0 aliphatic carbocycles. The largest absolute Gasteiger partial charge is 0.479 e. The van der Waals surface area contributed by atoms with Crippen LogP contribution in [0.2, 0.25) is 0 Å². The van der Waals surface area contributed by atoms with Crippen LogP contribution in [0.5, 0.6) is 0 Å². The van der Waals surface area contributed by atoms with Gasteiger partial charge in [0, 0.05) is 76.2 Å². The number of nitrogens with zero attached hydrogens (tertiary/aromatic N) is 4. The van der Waals surface area contributed by atoms with Gasteiger partial charge >= 0.3 is 18.1 Å². The maximum absolute atomic E-state index is 14.7. The molecule has 18 heteroatoms. The molecule has 0 radical (unpaired) electrons. The Bertz CT molecular complexity index is 1950. The van der Waals surface area contributed by atoms with Gasteiger partial charge in [0.25, 0.3) is 0 Å². The Hall–Kier alpha value is -4.89. The Morgan fingerprint density at radius 2 is 1.38 bits per heavy atom. The summed E-state index contributed by atoms with van der Waals surface area (Å²) in [5.74, 6) is -8.53. The molecule has 0 saturated carbocycles. The molecule has 3 amide bonds. The van der Waals surface area contributed by atoms with Crippen molar-refractivity contribution in [3.63, 3.8) is 0 Å². The molecule has 0 saturated heterocycles.